The average Bonchev–Trinajstić information content (AvgIpc) is 3.44. The first-order valence-corrected chi connectivity index (χ1v) is 9.12. The Morgan fingerprint density at radius 2 is 1.82 bits per heavy atom. The Labute approximate surface area is 163 Å². The van der Waals surface area contributed by atoms with Crippen LogP contribution in [-0.2, 0) is 6.54 Å². The number of likely N-dealkylation sites (N-methyl/N-ethyl adjacent to an activating group) is 1. The molecule has 1 amide bonds. The molecular formula is C22H21N5O. The number of nitrogens with zero attached hydrogens (tertiary/aromatic N) is 5. The third kappa shape index (κ3) is 3.86. The fourth-order valence-electron chi connectivity index (χ4n) is 3.00. The quantitative estimate of drug-likeness (QED) is 0.521. The lowest BCUT2D eigenvalue weighted by Gasteiger charge is -2.17. The number of para-hydroxylation sites is 1. The maximum Gasteiger partial charge on any atom is 0.253 e. The molecule has 2 heterocycles. The van der Waals surface area contributed by atoms with Crippen molar-refractivity contribution in [3.8, 4) is 16.9 Å². The maximum absolute atomic E-state index is 12.6. The van der Waals surface area contributed by atoms with Gasteiger partial charge in [0, 0.05) is 55.5 Å². The van der Waals surface area contributed by atoms with Crippen LogP contribution in [0.5, 0.6) is 0 Å². The fraction of sp³-hybridized carbons (Fsp3) is 0.136. The first kappa shape index (κ1) is 17.7. The summed E-state index contributed by atoms with van der Waals surface area (Å²) in [5, 5.41) is 0. The molecular weight excluding hydrogens is 350 g/mol. The van der Waals surface area contributed by atoms with Gasteiger partial charge in [-0.2, -0.15) is 0 Å². The van der Waals surface area contributed by atoms with E-state index < -0.39 is 0 Å². The third-order valence-corrected chi connectivity index (χ3v) is 4.66. The van der Waals surface area contributed by atoms with Crippen molar-refractivity contribution >= 4 is 5.91 Å². The summed E-state index contributed by atoms with van der Waals surface area (Å²) in [5.41, 5.74) is 3.58. The summed E-state index contributed by atoms with van der Waals surface area (Å²) >= 11 is 0. The van der Waals surface area contributed by atoms with Gasteiger partial charge in [-0.3, -0.25) is 4.79 Å². The Morgan fingerprint density at radius 1 is 1.04 bits per heavy atom. The predicted molar refractivity (Wildman–Crippen MR) is 108 cm³/mol. The van der Waals surface area contributed by atoms with Crippen LogP contribution in [-0.4, -0.2) is 43.5 Å². The molecule has 0 bridgehead atoms. The lowest BCUT2D eigenvalue weighted by molar-refractivity contribution is 0.0790. The van der Waals surface area contributed by atoms with Crippen LogP contribution < -0.4 is 0 Å². The molecule has 2 aromatic heterocycles. The molecule has 0 unspecified atom stereocenters. The normalized spacial score (nSPS) is 10.8. The zero-order valence-corrected chi connectivity index (χ0v) is 15.6. The van der Waals surface area contributed by atoms with E-state index in [4.69, 9.17) is 0 Å². The molecule has 0 N–H and O–H groups in total. The van der Waals surface area contributed by atoms with Gasteiger partial charge in [0.25, 0.3) is 5.91 Å². The second kappa shape index (κ2) is 7.92. The first-order chi connectivity index (χ1) is 13.7. The summed E-state index contributed by atoms with van der Waals surface area (Å²) in [6, 6.07) is 17.6. The SMILES string of the molecule is CN(CCn1ccnc1)C(=O)c1ccc(-c2cn(-c3ccccc3)cn2)cc1. The Kier molecular flexibility index (Phi) is 5.01. The lowest BCUT2D eigenvalue weighted by atomic mass is 10.1. The molecule has 0 fully saturated rings. The highest BCUT2D eigenvalue weighted by atomic mass is 16.2. The van der Waals surface area contributed by atoms with E-state index >= 15 is 0 Å². The Morgan fingerprint density at radius 3 is 2.54 bits per heavy atom. The Bertz CT molecular complexity index is 1040. The van der Waals surface area contributed by atoms with E-state index in [0.29, 0.717) is 12.1 Å². The molecule has 0 aliphatic carbocycles. The number of hydrogen-bond acceptors (Lipinski definition) is 3. The van der Waals surface area contributed by atoms with Gasteiger partial charge in [0.1, 0.15) is 0 Å². The van der Waals surface area contributed by atoms with Crippen LogP contribution in [0.3, 0.4) is 0 Å². The number of imidazole rings is 2. The number of carbonyl (C=O) groups is 1. The van der Waals surface area contributed by atoms with Gasteiger partial charge in [-0.05, 0) is 24.3 Å². The Hall–Kier alpha value is -3.67. The topological polar surface area (TPSA) is 56.0 Å². The van der Waals surface area contributed by atoms with Gasteiger partial charge < -0.3 is 14.0 Å². The van der Waals surface area contributed by atoms with E-state index in [1.165, 1.54) is 0 Å². The summed E-state index contributed by atoms with van der Waals surface area (Å²) in [6.45, 7) is 1.34. The summed E-state index contributed by atoms with van der Waals surface area (Å²) in [6.07, 6.45) is 9.17. The van der Waals surface area contributed by atoms with Gasteiger partial charge >= 0.3 is 0 Å². The molecule has 6 nitrogen and oxygen atoms in total. The van der Waals surface area contributed by atoms with E-state index in [1.807, 2.05) is 83.2 Å². The number of carbonyl (C=O) groups excluding carboxylic acids is 1. The van der Waals surface area contributed by atoms with Crippen LogP contribution >= 0.6 is 0 Å². The van der Waals surface area contributed by atoms with Gasteiger partial charge in [-0.15, -0.1) is 0 Å². The number of amides is 1. The van der Waals surface area contributed by atoms with E-state index in [2.05, 4.69) is 9.97 Å². The van der Waals surface area contributed by atoms with E-state index in [-0.39, 0.29) is 5.91 Å². The van der Waals surface area contributed by atoms with Crippen molar-refractivity contribution in [2.45, 2.75) is 6.54 Å². The lowest BCUT2D eigenvalue weighted by Crippen LogP contribution is -2.29. The summed E-state index contributed by atoms with van der Waals surface area (Å²) in [4.78, 5) is 22.8. The molecule has 0 radical (unpaired) electrons. The predicted octanol–water partition coefficient (Wildman–Crippen LogP) is 3.51. The molecule has 0 aliphatic rings. The van der Waals surface area contributed by atoms with Gasteiger partial charge in [0.2, 0.25) is 0 Å². The van der Waals surface area contributed by atoms with Crippen molar-refractivity contribution in [3.05, 3.63) is 91.4 Å². The van der Waals surface area contributed by atoms with Crippen molar-refractivity contribution < 1.29 is 4.79 Å². The van der Waals surface area contributed by atoms with Crippen LogP contribution in [0.15, 0.2) is 85.8 Å². The molecule has 0 spiro atoms. The highest BCUT2D eigenvalue weighted by Crippen LogP contribution is 2.20. The molecule has 2 aromatic carbocycles. The van der Waals surface area contributed by atoms with Crippen molar-refractivity contribution in [1.82, 2.24) is 24.0 Å². The highest BCUT2D eigenvalue weighted by molar-refractivity contribution is 5.94. The molecule has 0 saturated carbocycles. The van der Waals surface area contributed by atoms with Crippen molar-refractivity contribution in [3.63, 3.8) is 0 Å². The summed E-state index contributed by atoms with van der Waals surface area (Å²) in [5.74, 6) is 0.00137. The molecule has 6 heteroatoms. The molecule has 0 aliphatic heterocycles. The number of benzene rings is 2. The van der Waals surface area contributed by atoms with Gasteiger partial charge in [-0.1, -0.05) is 30.3 Å². The second-order valence-corrected chi connectivity index (χ2v) is 6.61. The molecule has 28 heavy (non-hydrogen) atoms. The van der Waals surface area contributed by atoms with Crippen molar-refractivity contribution in [2.24, 2.45) is 0 Å². The maximum atomic E-state index is 12.6. The zero-order chi connectivity index (χ0) is 19.3. The molecule has 4 aromatic rings. The van der Waals surface area contributed by atoms with Crippen LogP contribution in [0.25, 0.3) is 16.9 Å². The monoisotopic (exact) mass is 371 g/mol. The van der Waals surface area contributed by atoms with E-state index in [0.717, 1.165) is 23.5 Å². The van der Waals surface area contributed by atoms with Crippen LogP contribution in [0.4, 0.5) is 0 Å². The summed E-state index contributed by atoms with van der Waals surface area (Å²) < 4.78 is 3.94. The van der Waals surface area contributed by atoms with Crippen LogP contribution in [0.2, 0.25) is 0 Å². The van der Waals surface area contributed by atoms with E-state index in [9.17, 15) is 4.79 Å². The second-order valence-electron chi connectivity index (χ2n) is 6.61. The standard InChI is InChI=1S/C22H21N5O/c1-25(13-14-26-12-11-23-16-26)22(28)19-9-7-18(8-10-19)21-15-27(17-24-21)20-5-3-2-4-6-20/h2-12,15-17H,13-14H2,1H3. The minimum atomic E-state index is 0.00137. The molecule has 4 rings (SSSR count). The first-order valence-electron chi connectivity index (χ1n) is 9.12. The molecule has 140 valence electrons. The fourth-order valence-corrected chi connectivity index (χ4v) is 3.00. The average molecular weight is 371 g/mol. The Balaban J connectivity index is 1.43. The minimum Gasteiger partial charge on any atom is -0.340 e. The number of aromatic nitrogens is 4. The summed E-state index contributed by atoms with van der Waals surface area (Å²) in [7, 11) is 1.81. The van der Waals surface area contributed by atoms with Crippen molar-refractivity contribution in [2.75, 3.05) is 13.6 Å². The molecule has 0 atom stereocenters. The highest BCUT2D eigenvalue weighted by Gasteiger charge is 2.12. The zero-order valence-electron chi connectivity index (χ0n) is 15.6. The minimum absolute atomic E-state index is 0.00137. The molecule has 0 saturated heterocycles. The van der Waals surface area contributed by atoms with Gasteiger partial charge in [0.15, 0.2) is 0 Å². The van der Waals surface area contributed by atoms with Crippen molar-refractivity contribution in [1.29, 1.82) is 0 Å². The van der Waals surface area contributed by atoms with Crippen LogP contribution in [0.1, 0.15) is 10.4 Å². The van der Waals surface area contributed by atoms with Gasteiger partial charge in [-0.25, -0.2) is 9.97 Å². The largest absolute Gasteiger partial charge is 0.340 e. The van der Waals surface area contributed by atoms with E-state index in [1.54, 1.807) is 23.8 Å². The van der Waals surface area contributed by atoms with Gasteiger partial charge in [0.05, 0.1) is 18.3 Å². The smallest absolute Gasteiger partial charge is 0.253 e. The van der Waals surface area contributed by atoms with Crippen LogP contribution in [0, 0.1) is 0 Å². The number of hydrogen-bond donors (Lipinski definition) is 0. The number of rotatable bonds is 6. The third-order valence-electron chi connectivity index (χ3n) is 4.66.